The minimum absolute atomic E-state index is 0.677. The van der Waals surface area contributed by atoms with Crippen molar-refractivity contribution >= 4 is 16.3 Å². The molecule has 3 aromatic rings. The van der Waals surface area contributed by atoms with Crippen LogP contribution in [0.2, 0.25) is 0 Å². The molecular formula is C13H8N2. The van der Waals surface area contributed by atoms with Crippen LogP contribution in [-0.2, 0) is 0 Å². The number of benzene rings is 1. The van der Waals surface area contributed by atoms with E-state index in [0.29, 0.717) is 5.69 Å². The number of fused-ring (bicyclic) bond motifs is 2. The predicted molar refractivity (Wildman–Crippen MR) is 59.6 cm³/mol. The molecule has 15 heavy (non-hydrogen) atoms. The van der Waals surface area contributed by atoms with Gasteiger partial charge in [0.1, 0.15) is 11.8 Å². The number of rotatable bonds is 0. The predicted octanol–water partition coefficient (Wildman–Crippen LogP) is 2.96. The third-order valence-electron chi connectivity index (χ3n) is 2.63. The van der Waals surface area contributed by atoms with E-state index in [1.54, 1.807) is 0 Å². The van der Waals surface area contributed by atoms with E-state index in [2.05, 4.69) is 24.3 Å². The fourth-order valence-electron chi connectivity index (χ4n) is 1.88. The molecule has 0 amide bonds. The highest BCUT2D eigenvalue weighted by atomic mass is 14.9. The zero-order valence-corrected chi connectivity index (χ0v) is 8.01. The molecule has 2 heterocycles. The molecule has 0 aliphatic heterocycles. The zero-order valence-electron chi connectivity index (χ0n) is 8.01. The highest BCUT2D eigenvalue weighted by Gasteiger charge is 2.01. The van der Waals surface area contributed by atoms with E-state index >= 15 is 0 Å². The van der Waals surface area contributed by atoms with Gasteiger partial charge in [-0.25, -0.2) is 0 Å². The second-order valence-corrected chi connectivity index (χ2v) is 3.53. The summed E-state index contributed by atoms with van der Waals surface area (Å²) in [4.78, 5) is 0. The van der Waals surface area contributed by atoms with E-state index in [-0.39, 0.29) is 0 Å². The van der Waals surface area contributed by atoms with Gasteiger partial charge < -0.3 is 4.40 Å². The molecular weight excluding hydrogens is 184 g/mol. The summed E-state index contributed by atoms with van der Waals surface area (Å²) in [6, 6.07) is 16.2. The van der Waals surface area contributed by atoms with Crippen LogP contribution in [0.25, 0.3) is 16.3 Å². The Bertz CT molecular complexity index is 686. The van der Waals surface area contributed by atoms with Crippen LogP contribution in [-0.4, -0.2) is 4.40 Å². The van der Waals surface area contributed by atoms with Gasteiger partial charge in [0.15, 0.2) is 0 Å². The third-order valence-corrected chi connectivity index (χ3v) is 2.63. The Morgan fingerprint density at radius 2 is 1.80 bits per heavy atom. The van der Waals surface area contributed by atoms with Crippen molar-refractivity contribution in [3.8, 4) is 6.07 Å². The molecule has 0 unspecified atom stereocenters. The lowest BCUT2D eigenvalue weighted by atomic mass is 10.2. The fourth-order valence-corrected chi connectivity index (χ4v) is 1.88. The molecule has 0 saturated carbocycles. The van der Waals surface area contributed by atoms with Crippen molar-refractivity contribution in [3.05, 3.63) is 54.4 Å². The highest BCUT2D eigenvalue weighted by Crippen LogP contribution is 2.18. The SMILES string of the molecule is N#Cc1ccc2cc3ccccc3cn12. The van der Waals surface area contributed by atoms with E-state index < -0.39 is 0 Å². The van der Waals surface area contributed by atoms with E-state index in [9.17, 15) is 0 Å². The normalized spacial score (nSPS) is 10.6. The molecule has 0 fully saturated rings. The van der Waals surface area contributed by atoms with Gasteiger partial charge in [-0.15, -0.1) is 0 Å². The molecule has 0 N–H and O–H groups in total. The zero-order chi connectivity index (χ0) is 10.3. The minimum atomic E-state index is 0.677. The van der Waals surface area contributed by atoms with Gasteiger partial charge in [0.05, 0.1) is 0 Å². The number of pyridine rings is 1. The Labute approximate surface area is 87.0 Å². The topological polar surface area (TPSA) is 28.2 Å². The summed E-state index contributed by atoms with van der Waals surface area (Å²) in [6.07, 6.45) is 2.00. The molecule has 1 aromatic carbocycles. The van der Waals surface area contributed by atoms with Gasteiger partial charge in [-0.2, -0.15) is 5.26 Å². The lowest BCUT2D eigenvalue weighted by Crippen LogP contribution is -1.87. The maximum absolute atomic E-state index is 8.93. The number of nitrogens with zero attached hydrogens (tertiary/aromatic N) is 2. The Morgan fingerprint density at radius 1 is 1.00 bits per heavy atom. The van der Waals surface area contributed by atoms with Crippen LogP contribution >= 0.6 is 0 Å². The van der Waals surface area contributed by atoms with Crippen molar-refractivity contribution in [2.24, 2.45) is 0 Å². The van der Waals surface area contributed by atoms with Gasteiger partial charge in [-0.05, 0) is 29.0 Å². The Kier molecular flexibility index (Phi) is 1.54. The number of aromatic nitrogens is 1. The van der Waals surface area contributed by atoms with Crippen molar-refractivity contribution in [3.63, 3.8) is 0 Å². The third kappa shape index (κ3) is 1.10. The molecule has 2 aromatic heterocycles. The summed E-state index contributed by atoms with van der Waals surface area (Å²) in [5.74, 6) is 0. The van der Waals surface area contributed by atoms with Gasteiger partial charge in [-0.1, -0.05) is 24.3 Å². The van der Waals surface area contributed by atoms with Gasteiger partial charge in [0, 0.05) is 11.7 Å². The van der Waals surface area contributed by atoms with Gasteiger partial charge in [0.2, 0.25) is 0 Å². The van der Waals surface area contributed by atoms with Crippen LogP contribution in [0, 0.1) is 11.3 Å². The van der Waals surface area contributed by atoms with E-state index in [0.717, 1.165) is 10.9 Å². The molecule has 0 aliphatic rings. The lowest BCUT2D eigenvalue weighted by molar-refractivity contribution is 1.18. The first-order valence-electron chi connectivity index (χ1n) is 4.78. The molecule has 2 heteroatoms. The maximum Gasteiger partial charge on any atom is 0.124 e. The van der Waals surface area contributed by atoms with Crippen LogP contribution in [0.1, 0.15) is 5.69 Å². The van der Waals surface area contributed by atoms with Crippen LogP contribution in [0.4, 0.5) is 0 Å². The molecule has 0 spiro atoms. The van der Waals surface area contributed by atoms with Crippen molar-refractivity contribution in [1.82, 2.24) is 4.40 Å². The maximum atomic E-state index is 8.93. The van der Waals surface area contributed by atoms with E-state index in [4.69, 9.17) is 5.26 Å². The lowest BCUT2D eigenvalue weighted by Gasteiger charge is -2.00. The van der Waals surface area contributed by atoms with Crippen LogP contribution in [0.5, 0.6) is 0 Å². The molecule has 3 rings (SSSR count). The summed E-state index contributed by atoms with van der Waals surface area (Å²) in [6.45, 7) is 0. The number of nitriles is 1. The standard InChI is InChI=1S/C13H8N2/c14-8-13-6-5-12-7-10-3-1-2-4-11(10)9-15(12)13/h1-7,9H. The average molecular weight is 192 g/mol. The highest BCUT2D eigenvalue weighted by molar-refractivity contribution is 5.85. The Morgan fingerprint density at radius 3 is 2.60 bits per heavy atom. The largest absolute Gasteiger partial charge is 0.308 e. The van der Waals surface area contributed by atoms with E-state index in [1.165, 1.54) is 5.39 Å². The number of hydrogen-bond donors (Lipinski definition) is 0. The summed E-state index contributed by atoms with van der Waals surface area (Å²) in [7, 11) is 0. The second kappa shape index (κ2) is 2.86. The van der Waals surface area contributed by atoms with Gasteiger partial charge in [0.25, 0.3) is 0 Å². The molecule has 0 radical (unpaired) electrons. The molecule has 70 valence electrons. The molecule has 2 nitrogen and oxygen atoms in total. The van der Waals surface area contributed by atoms with Gasteiger partial charge >= 0.3 is 0 Å². The second-order valence-electron chi connectivity index (χ2n) is 3.53. The van der Waals surface area contributed by atoms with Crippen LogP contribution < -0.4 is 0 Å². The Balaban J connectivity index is 2.51. The van der Waals surface area contributed by atoms with Crippen molar-refractivity contribution in [2.45, 2.75) is 0 Å². The molecule has 0 bridgehead atoms. The van der Waals surface area contributed by atoms with Crippen molar-refractivity contribution in [1.29, 1.82) is 5.26 Å². The summed E-state index contributed by atoms with van der Waals surface area (Å²) in [5, 5.41) is 11.3. The summed E-state index contributed by atoms with van der Waals surface area (Å²) in [5.41, 5.74) is 1.74. The summed E-state index contributed by atoms with van der Waals surface area (Å²) < 4.78 is 1.92. The monoisotopic (exact) mass is 192 g/mol. The fraction of sp³-hybridized carbons (Fsp3) is 0. The smallest absolute Gasteiger partial charge is 0.124 e. The van der Waals surface area contributed by atoms with E-state index in [1.807, 2.05) is 34.9 Å². The molecule has 0 aliphatic carbocycles. The van der Waals surface area contributed by atoms with Crippen molar-refractivity contribution < 1.29 is 0 Å². The first-order valence-corrected chi connectivity index (χ1v) is 4.78. The first kappa shape index (κ1) is 8.07. The number of hydrogen-bond acceptors (Lipinski definition) is 1. The van der Waals surface area contributed by atoms with Crippen molar-refractivity contribution in [2.75, 3.05) is 0 Å². The van der Waals surface area contributed by atoms with Crippen LogP contribution in [0.3, 0.4) is 0 Å². The molecule has 0 saturated heterocycles. The van der Waals surface area contributed by atoms with Crippen LogP contribution in [0.15, 0.2) is 48.7 Å². The van der Waals surface area contributed by atoms with Gasteiger partial charge in [-0.3, -0.25) is 0 Å². The Hall–Kier alpha value is -2.27. The molecule has 0 atom stereocenters. The quantitative estimate of drug-likeness (QED) is 0.538. The summed E-state index contributed by atoms with van der Waals surface area (Å²) >= 11 is 0. The first-order chi connectivity index (χ1) is 7.38. The minimum Gasteiger partial charge on any atom is -0.308 e. The average Bonchev–Trinajstić information content (AvgIpc) is 2.68.